The Morgan fingerprint density at radius 2 is 1.57 bits per heavy atom. The summed E-state index contributed by atoms with van der Waals surface area (Å²) in [7, 11) is 0. The lowest BCUT2D eigenvalue weighted by atomic mass is 10.2. The fourth-order valence-corrected chi connectivity index (χ4v) is 3.49. The van der Waals surface area contributed by atoms with Crippen LogP contribution in [0.25, 0.3) is 0 Å². The summed E-state index contributed by atoms with van der Waals surface area (Å²) in [5.74, 6) is 0.0388. The molecule has 126 valence electrons. The molecule has 1 aromatic carbocycles. The third-order valence-electron chi connectivity index (χ3n) is 4.88. The van der Waals surface area contributed by atoms with Gasteiger partial charge in [-0.05, 0) is 38.1 Å². The van der Waals surface area contributed by atoms with Crippen LogP contribution in [0.4, 0.5) is 10.1 Å². The quantitative estimate of drug-likeness (QED) is 0.856. The zero-order valence-corrected chi connectivity index (χ0v) is 13.7. The second kappa shape index (κ2) is 7.77. The topological polar surface area (TPSA) is 26.8 Å². The van der Waals surface area contributed by atoms with Gasteiger partial charge >= 0.3 is 0 Å². The Morgan fingerprint density at radius 3 is 2.22 bits per heavy atom. The van der Waals surface area contributed by atoms with Crippen molar-refractivity contribution in [2.75, 3.05) is 50.7 Å². The lowest BCUT2D eigenvalue weighted by Crippen LogP contribution is -2.51. The molecule has 2 saturated heterocycles. The van der Waals surface area contributed by atoms with Gasteiger partial charge in [-0.2, -0.15) is 0 Å². The van der Waals surface area contributed by atoms with Crippen molar-refractivity contribution >= 4 is 11.6 Å². The maximum atomic E-state index is 13.8. The number of hydrogen-bond acceptors (Lipinski definition) is 3. The van der Waals surface area contributed by atoms with Crippen molar-refractivity contribution in [3.05, 3.63) is 30.1 Å². The van der Waals surface area contributed by atoms with E-state index in [0.29, 0.717) is 38.4 Å². The summed E-state index contributed by atoms with van der Waals surface area (Å²) in [6.45, 7) is 5.39. The molecule has 2 aliphatic rings. The van der Waals surface area contributed by atoms with Gasteiger partial charge in [-0.3, -0.25) is 9.69 Å². The van der Waals surface area contributed by atoms with E-state index in [9.17, 15) is 9.18 Å². The molecule has 23 heavy (non-hydrogen) atoms. The first-order chi connectivity index (χ1) is 11.2. The van der Waals surface area contributed by atoms with E-state index in [1.54, 1.807) is 6.07 Å². The molecule has 0 aromatic heterocycles. The highest BCUT2D eigenvalue weighted by molar-refractivity contribution is 5.78. The Balaban J connectivity index is 1.50. The third kappa shape index (κ3) is 4.22. The molecule has 2 fully saturated rings. The maximum absolute atomic E-state index is 13.8. The van der Waals surface area contributed by atoms with E-state index in [-0.39, 0.29) is 11.7 Å². The van der Waals surface area contributed by atoms with E-state index in [0.717, 1.165) is 13.1 Å². The number of hydrogen-bond donors (Lipinski definition) is 0. The summed E-state index contributed by atoms with van der Waals surface area (Å²) in [6.07, 6.45) is 4.97. The van der Waals surface area contributed by atoms with Gasteiger partial charge in [0.2, 0.25) is 5.91 Å². The number of rotatable bonds is 3. The summed E-state index contributed by atoms with van der Waals surface area (Å²) in [4.78, 5) is 18.7. The van der Waals surface area contributed by atoms with E-state index in [1.165, 1.54) is 31.7 Å². The number of carbonyl (C=O) groups excluding carboxylic acids is 1. The third-order valence-corrected chi connectivity index (χ3v) is 4.88. The summed E-state index contributed by atoms with van der Waals surface area (Å²) in [6, 6.07) is 6.87. The summed E-state index contributed by atoms with van der Waals surface area (Å²) in [5, 5.41) is 0. The first-order valence-electron chi connectivity index (χ1n) is 8.73. The molecular weight excluding hydrogens is 293 g/mol. The molecule has 0 spiro atoms. The van der Waals surface area contributed by atoms with Crippen LogP contribution in [0.5, 0.6) is 0 Å². The summed E-state index contributed by atoms with van der Waals surface area (Å²) in [5.41, 5.74) is 0.645. The van der Waals surface area contributed by atoms with Crippen LogP contribution in [0.1, 0.15) is 25.7 Å². The van der Waals surface area contributed by atoms with E-state index in [4.69, 9.17) is 0 Å². The molecule has 1 amide bonds. The zero-order valence-electron chi connectivity index (χ0n) is 13.7. The van der Waals surface area contributed by atoms with Gasteiger partial charge in [0.05, 0.1) is 12.2 Å². The molecule has 0 bridgehead atoms. The van der Waals surface area contributed by atoms with Crippen LogP contribution in [-0.4, -0.2) is 61.5 Å². The molecule has 2 aliphatic heterocycles. The molecule has 0 aliphatic carbocycles. The predicted molar refractivity (Wildman–Crippen MR) is 90.1 cm³/mol. The van der Waals surface area contributed by atoms with Crippen molar-refractivity contribution in [3.8, 4) is 0 Å². The fraction of sp³-hybridized carbons (Fsp3) is 0.611. The van der Waals surface area contributed by atoms with E-state index >= 15 is 0 Å². The number of piperazine rings is 1. The molecule has 3 rings (SSSR count). The number of benzene rings is 1. The maximum Gasteiger partial charge on any atom is 0.236 e. The van der Waals surface area contributed by atoms with Crippen molar-refractivity contribution < 1.29 is 9.18 Å². The minimum atomic E-state index is -0.183. The standard InChI is InChI=1S/C18H26FN3O/c19-16-7-3-4-8-17(16)21-11-13-22(14-12-21)18(23)15-20-9-5-1-2-6-10-20/h3-4,7-8H,1-2,5-6,9-15H2. The predicted octanol–water partition coefficient (Wildman–Crippen LogP) is 2.35. The SMILES string of the molecule is O=C(CN1CCCCCC1)N1CCN(c2ccccc2F)CC1. The van der Waals surface area contributed by atoms with Crippen LogP contribution in [0, 0.1) is 5.82 Å². The Bertz CT molecular complexity index is 521. The molecule has 1 aromatic rings. The van der Waals surface area contributed by atoms with Gasteiger partial charge in [0.15, 0.2) is 0 Å². The number of halogens is 1. The van der Waals surface area contributed by atoms with Crippen molar-refractivity contribution in [2.45, 2.75) is 25.7 Å². The Labute approximate surface area is 137 Å². The molecule has 0 saturated carbocycles. The lowest BCUT2D eigenvalue weighted by Gasteiger charge is -2.37. The van der Waals surface area contributed by atoms with Crippen LogP contribution in [-0.2, 0) is 4.79 Å². The van der Waals surface area contributed by atoms with E-state index in [2.05, 4.69) is 4.90 Å². The van der Waals surface area contributed by atoms with Gasteiger partial charge in [-0.1, -0.05) is 25.0 Å². The smallest absolute Gasteiger partial charge is 0.236 e. The van der Waals surface area contributed by atoms with Crippen LogP contribution in [0.2, 0.25) is 0 Å². The first-order valence-corrected chi connectivity index (χ1v) is 8.73. The van der Waals surface area contributed by atoms with Crippen LogP contribution in [0.3, 0.4) is 0 Å². The minimum Gasteiger partial charge on any atom is -0.366 e. The second-order valence-electron chi connectivity index (χ2n) is 6.51. The molecule has 0 unspecified atom stereocenters. The molecule has 0 atom stereocenters. The number of anilines is 1. The number of likely N-dealkylation sites (tertiary alicyclic amines) is 1. The molecule has 5 heteroatoms. The van der Waals surface area contributed by atoms with Crippen molar-refractivity contribution in [2.24, 2.45) is 0 Å². The first kappa shape index (κ1) is 16.2. The van der Waals surface area contributed by atoms with E-state index < -0.39 is 0 Å². The number of para-hydroxylation sites is 1. The van der Waals surface area contributed by atoms with Crippen LogP contribution < -0.4 is 4.90 Å². The highest BCUT2D eigenvalue weighted by Crippen LogP contribution is 2.20. The van der Waals surface area contributed by atoms with Gasteiger partial charge in [0.25, 0.3) is 0 Å². The van der Waals surface area contributed by atoms with Crippen LogP contribution >= 0.6 is 0 Å². The Morgan fingerprint density at radius 1 is 0.913 bits per heavy atom. The Kier molecular flexibility index (Phi) is 5.49. The van der Waals surface area contributed by atoms with Gasteiger partial charge in [0, 0.05) is 26.2 Å². The van der Waals surface area contributed by atoms with Gasteiger partial charge < -0.3 is 9.80 Å². The van der Waals surface area contributed by atoms with E-state index in [1.807, 2.05) is 21.9 Å². The van der Waals surface area contributed by atoms with Crippen molar-refractivity contribution in [1.82, 2.24) is 9.80 Å². The highest BCUT2D eigenvalue weighted by atomic mass is 19.1. The molecule has 0 radical (unpaired) electrons. The van der Waals surface area contributed by atoms with Crippen molar-refractivity contribution in [1.29, 1.82) is 0 Å². The van der Waals surface area contributed by atoms with Crippen molar-refractivity contribution in [3.63, 3.8) is 0 Å². The monoisotopic (exact) mass is 319 g/mol. The zero-order chi connectivity index (χ0) is 16.1. The summed E-state index contributed by atoms with van der Waals surface area (Å²) < 4.78 is 13.8. The second-order valence-corrected chi connectivity index (χ2v) is 6.51. The lowest BCUT2D eigenvalue weighted by molar-refractivity contribution is -0.132. The molecule has 4 nitrogen and oxygen atoms in total. The minimum absolute atomic E-state index is 0.183. The van der Waals surface area contributed by atoms with Gasteiger partial charge in [-0.15, -0.1) is 0 Å². The molecule has 0 N–H and O–H groups in total. The largest absolute Gasteiger partial charge is 0.366 e. The average Bonchev–Trinajstić information content (AvgIpc) is 2.84. The van der Waals surface area contributed by atoms with Gasteiger partial charge in [0.1, 0.15) is 5.82 Å². The number of nitrogens with zero attached hydrogens (tertiary/aromatic N) is 3. The Hall–Kier alpha value is -1.62. The highest BCUT2D eigenvalue weighted by Gasteiger charge is 2.24. The number of amides is 1. The molecular formula is C18H26FN3O. The van der Waals surface area contributed by atoms with Gasteiger partial charge in [-0.25, -0.2) is 4.39 Å². The normalized spacial score (nSPS) is 20.4. The van der Waals surface area contributed by atoms with Crippen LogP contribution in [0.15, 0.2) is 24.3 Å². The molecule has 2 heterocycles. The number of carbonyl (C=O) groups is 1. The summed E-state index contributed by atoms with van der Waals surface area (Å²) >= 11 is 0. The average molecular weight is 319 g/mol. The fourth-order valence-electron chi connectivity index (χ4n) is 3.49.